The van der Waals surface area contributed by atoms with Gasteiger partial charge in [0.25, 0.3) is 0 Å². The van der Waals surface area contributed by atoms with Crippen molar-refractivity contribution in [2.45, 2.75) is 79.4 Å². The maximum atomic E-state index is 12.6. The van der Waals surface area contributed by atoms with E-state index in [-0.39, 0.29) is 11.8 Å². The van der Waals surface area contributed by atoms with Crippen molar-refractivity contribution in [2.24, 2.45) is 4.99 Å². The van der Waals surface area contributed by atoms with Crippen LogP contribution < -0.4 is 20.7 Å². The van der Waals surface area contributed by atoms with E-state index in [0.29, 0.717) is 17.2 Å². The highest BCUT2D eigenvalue weighted by Crippen LogP contribution is 2.35. The molecule has 1 aliphatic heterocycles. The van der Waals surface area contributed by atoms with Crippen LogP contribution in [0.5, 0.6) is 5.75 Å². The van der Waals surface area contributed by atoms with E-state index >= 15 is 0 Å². The van der Waals surface area contributed by atoms with Gasteiger partial charge in [0.05, 0.1) is 6.04 Å². The number of alkyl halides is 3. The molecule has 40 heavy (non-hydrogen) atoms. The second kappa shape index (κ2) is 19.6. The van der Waals surface area contributed by atoms with Crippen molar-refractivity contribution in [2.75, 3.05) is 19.4 Å². The van der Waals surface area contributed by atoms with Gasteiger partial charge in [0, 0.05) is 23.9 Å². The SMILES string of the molecule is C=C/C=C(\O)C(C)NC.CC.CCCCC.CN=C1NC(c2ccccc2OC(F)(F)F)Nc2c(C)cccc21. The smallest absolute Gasteiger partial charge is 0.511 e. The number of nitrogens with zero attached hydrogens (tertiary/aromatic N) is 1. The lowest BCUT2D eigenvalue weighted by molar-refractivity contribution is -0.275. The summed E-state index contributed by atoms with van der Waals surface area (Å²) in [6, 6.07) is 11.8. The normalized spacial score (nSPS) is 15.7. The Bertz CT molecular complexity index is 1070. The summed E-state index contributed by atoms with van der Waals surface area (Å²) in [5.74, 6) is 0.675. The van der Waals surface area contributed by atoms with Gasteiger partial charge in [-0.3, -0.25) is 4.99 Å². The lowest BCUT2D eigenvalue weighted by Gasteiger charge is -2.32. The summed E-state index contributed by atoms with van der Waals surface area (Å²) in [4.78, 5) is 4.21. The Kier molecular flexibility index (Phi) is 17.9. The van der Waals surface area contributed by atoms with Crippen molar-refractivity contribution in [3.05, 3.63) is 83.6 Å². The van der Waals surface area contributed by atoms with Crippen molar-refractivity contribution in [3.63, 3.8) is 0 Å². The molecule has 2 aromatic carbocycles. The minimum absolute atomic E-state index is 0.0167. The standard InChI is InChI=1S/C17H16F3N3O.C7H13NO.C5H12.C2H6/c1-10-6-5-8-12-14(10)22-16(23-15(12)21-2)11-7-3-4-9-13(11)24-17(18,19)20;1-4-5-7(9)6(2)8-3;1-3-5-4-2;1-2/h3-9,16,22H,1-2H3,(H,21,23);4-6,8-9H,1H2,2-3H3;3-5H2,1-2H3;1-2H3/b;7-5-;;. The number of hydrogen-bond donors (Lipinski definition) is 4. The molecule has 9 heteroatoms. The zero-order valence-corrected chi connectivity index (χ0v) is 25.1. The molecule has 0 fully saturated rings. The first kappa shape index (κ1) is 36.5. The van der Waals surface area contributed by atoms with E-state index in [1.807, 2.05) is 45.9 Å². The van der Waals surface area contributed by atoms with Crippen molar-refractivity contribution in [1.29, 1.82) is 0 Å². The molecule has 4 N–H and O–H groups in total. The number of rotatable bonds is 7. The Morgan fingerprint density at radius 3 is 2.25 bits per heavy atom. The minimum atomic E-state index is -4.75. The maximum Gasteiger partial charge on any atom is 0.573 e. The number of unbranched alkanes of at least 4 members (excludes halogenated alkanes) is 2. The number of nitrogens with one attached hydrogen (secondary N) is 3. The number of hydrogen-bond acceptors (Lipinski definition) is 5. The number of aryl methyl sites for hydroxylation is 1. The molecule has 2 atom stereocenters. The van der Waals surface area contributed by atoms with Crippen LogP contribution in [-0.4, -0.2) is 37.4 Å². The van der Waals surface area contributed by atoms with E-state index < -0.39 is 12.5 Å². The first-order valence-electron chi connectivity index (χ1n) is 13.7. The van der Waals surface area contributed by atoms with Gasteiger partial charge in [-0.15, -0.1) is 13.2 Å². The van der Waals surface area contributed by atoms with Crippen LogP contribution in [0.2, 0.25) is 0 Å². The lowest BCUT2D eigenvalue weighted by Crippen LogP contribution is -2.39. The quantitative estimate of drug-likeness (QED) is 0.201. The molecular formula is C31H47F3N4O2. The van der Waals surface area contributed by atoms with Crippen LogP contribution in [0.4, 0.5) is 18.9 Å². The number of allylic oxidation sites excluding steroid dienone is 2. The third-order valence-electron chi connectivity index (χ3n) is 5.65. The molecular weight excluding hydrogens is 517 g/mol. The number of anilines is 1. The van der Waals surface area contributed by atoms with Gasteiger partial charge in [0.15, 0.2) is 0 Å². The summed E-state index contributed by atoms with van der Waals surface area (Å²) in [5, 5.41) is 18.3. The molecule has 224 valence electrons. The zero-order chi connectivity index (χ0) is 30.7. The van der Waals surface area contributed by atoms with E-state index in [1.54, 1.807) is 38.4 Å². The highest BCUT2D eigenvalue weighted by Gasteiger charge is 2.34. The van der Waals surface area contributed by atoms with Crippen LogP contribution >= 0.6 is 0 Å². The molecule has 0 saturated heterocycles. The second-order valence-corrected chi connectivity index (χ2v) is 8.57. The minimum Gasteiger partial charge on any atom is -0.511 e. The molecule has 0 aromatic heterocycles. The number of aliphatic imine (C=N–C) groups is 1. The van der Waals surface area contributed by atoms with Gasteiger partial charge < -0.3 is 25.8 Å². The predicted octanol–water partition coefficient (Wildman–Crippen LogP) is 8.43. The largest absolute Gasteiger partial charge is 0.573 e. The molecule has 0 amide bonds. The second-order valence-electron chi connectivity index (χ2n) is 8.57. The van der Waals surface area contributed by atoms with Crippen LogP contribution in [-0.2, 0) is 0 Å². The fourth-order valence-corrected chi connectivity index (χ4v) is 3.50. The molecule has 6 nitrogen and oxygen atoms in total. The van der Waals surface area contributed by atoms with Crippen LogP contribution in [0, 0.1) is 6.92 Å². The molecule has 0 radical (unpaired) electrons. The summed E-state index contributed by atoms with van der Waals surface area (Å²) >= 11 is 0. The van der Waals surface area contributed by atoms with Gasteiger partial charge in [-0.05, 0) is 44.7 Å². The number of benzene rings is 2. The molecule has 1 aliphatic rings. The van der Waals surface area contributed by atoms with Gasteiger partial charge in [0.2, 0.25) is 0 Å². The van der Waals surface area contributed by atoms with E-state index in [4.69, 9.17) is 5.11 Å². The van der Waals surface area contributed by atoms with Crippen molar-refractivity contribution in [1.82, 2.24) is 10.6 Å². The highest BCUT2D eigenvalue weighted by molar-refractivity contribution is 6.06. The Morgan fingerprint density at radius 1 is 1.12 bits per heavy atom. The summed E-state index contributed by atoms with van der Waals surface area (Å²) < 4.78 is 42.1. The Morgan fingerprint density at radius 2 is 1.75 bits per heavy atom. The first-order valence-corrected chi connectivity index (χ1v) is 13.7. The number of likely N-dealkylation sites (N-methyl/N-ethyl adjacent to an activating group) is 1. The highest BCUT2D eigenvalue weighted by atomic mass is 19.4. The fourth-order valence-electron chi connectivity index (χ4n) is 3.50. The third-order valence-corrected chi connectivity index (χ3v) is 5.65. The third kappa shape index (κ3) is 12.6. The number of ether oxygens (including phenoxy) is 1. The Hall–Kier alpha value is -3.46. The van der Waals surface area contributed by atoms with Gasteiger partial charge >= 0.3 is 6.36 Å². The van der Waals surface area contributed by atoms with E-state index in [9.17, 15) is 13.2 Å². The van der Waals surface area contributed by atoms with Gasteiger partial charge in [-0.25, -0.2) is 0 Å². The van der Waals surface area contributed by atoms with Crippen LogP contribution in [0.1, 0.15) is 76.7 Å². The molecule has 3 rings (SSSR count). The zero-order valence-electron chi connectivity index (χ0n) is 25.1. The summed E-state index contributed by atoms with van der Waals surface area (Å²) in [6.07, 6.45) is 1.87. The average molecular weight is 565 g/mol. The monoisotopic (exact) mass is 564 g/mol. The van der Waals surface area contributed by atoms with Gasteiger partial charge in [0.1, 0.15) is 23.5 Å². The number of aliphatic hydroxyl groups excluding tert-OH is 1. The van der Waals surface area contributed by atoms with Gasteiger partial charge in [-0.1, -0.05) is 89.9 Å². The van der Waals surface area contributed by atoms with Gasteiger partial charge in [-0.2, -0.15) is 0 Å². The molecule has 0 saturated carbocycles. The number of fused-ring (bicyclic) bond motifs is 1. The first-order chi connectivity index (χ1) is 19.0. The summed E-state index contributed by atoms with van der Waals surface area (Å²) in [6.45, 7) is 15.7. The van der Waals surface area contributed by atoms with Crippen molar-refractivity contribution >= 4 is 11.5 Å². The van der Waals surface area contributed by atoms with E-state index in [1.165, 1.54) is 31.4 Å². The maximum absolute atomic E-state index is 12.6. The fraction of sp³-hybridized carbons (Fsp3) is 0.452. The number of aliphatic hydroxyl groups is 1. The molecule has 0 spiro atoms. The Balaban J connectivity index is 0.000000789. The average Bonchev–Trinajstić information content (AvgIpc) is 2.94. The van der Waals surface area contributed by atoms with Crippen molar-refractivity contribution in [3.8, 4) is 5.75 Å². The van der Waals surface area contributed by atoms with Crippen LogP contribution in [0.15, 0.2) is 71.9 Å². The Labute approximate surface area is 238 Å². The molecule has 1 heterocycles. The molecule has 0 bridgehead atoms. The van der Waals surface area contributed by atoms with Crippen LogP contribution in [0.25, 0.3) is 0 Å². The summed E-state index contributed by atoms with van der Waals surface area (Å²) in [5.41, 5.74) is 3.05. The lowest BCUT2D eigenvalue weighted by atomic mass is 10.0. The number of halogens is 3. The number of para-hydroxylation sites is 2. The van der Waals surface area contributed by atoms with E-state index in [0.717, 1.165) is 16.8 Å². The topological polar surface area (TPSA) is 77.9 Å². The van der Waals surface area contributed by atoms with Crippen molar-refractivity contribution < 1.29 is 23.0 Å². The molecule has 2 unspecified atom stereocenters. The predicted molar refractivity (Wildman–Crippen MR) is 162 cm³/mol. The number of amidine groups is 1. The molecule has 0 aliphatic carbocycles. The summed E-state index contributed by atoms with van der Waals surface area (Å²) in [7, 11) is 3.42. The van der Waals surface area contributed by atoms with Crippen LogP contribution in [0.3, 0.4) is 0 Å². The van der Waals surface area contributed by atoms with E-state index in [2.05, 4.69) is 46.1 Å². The molecule has 2 aromatic rings.